The summed E-state index contributed by atoms with van der Waals surface area (Å²) < 4.78 is 1.85. The number of hydrogen-bond acceptors (Lipinski definition) is 6. The Labute approximate surface area is 171 Å². The summed E-state index contributed by atoms with van der Waals surface area (Å²) in [5, 5.41) is 17.5. The number of thiophene rings is 1. The van der Waals surface area contributed by atoms with Crippen LogP contribution in [-0.4, -0.2) is 42.9 Å². The molecule has 4 aromatic heterocycles. The molecule has 0 aliphatic carbocycles. The summed E-state index contributed by atoms with van der Waals surface area (Å²) in [4.78, 5) is 10.6. The molecule has 6 rings (SSSR count). The highest BCUT2D eigenvalue weighted by Gasteiger charge is 2.24. The van der Waals surface area contributed by atoms with Gasteiger partial charge in [-0.2, -0.15) is 15.9 Å². The maximum absolute atomic E-state index is 4.85. The molecule has 0 saturated carbocycles. The lowest BCUT2D eigenvalue weighted by atomic mass is 9.96. The summed E-state index contributed by atoms with van der Waals surface area (Å²) in [7, 11) is 0. The summed E-state index contributed by atoms with van der Waals surface area (Å²) in [5.41, 5.74) is 3.99. The largest absolute Gasteiger partial charge is 0.355 e. The van der Waals surface area contributed by atoms with Gasteiger partial charge in [0.15, 0.2) is 11.5 Å². The van der Waals surface area contributed by atoms with Gasteiger partial charge in [-0.1, -0.05) is 12.1 Å². The Morgan fingerprint density at radius 3 is 2.72 bits per heavy atom. The lowest BCUT2D eigenvalue weighted by molar-refractivity contribution is 0.486. The van der Waals surface area contributed by atoms with Gasteiger partial charge >= 0.3 is 0 Å². The predicted octanol–water partition coefficient (Wildman–Crippen LogP) is 4.11. The number of imidazole rings is 1. The van der Waals surface area contributed by atoms with Crippen molar-refractivity contribution in [1.29, 1.82) is 0 Å². The maximum atomic E-state index is 4.85. The van der Waals surface area contributed by atoms with Crippen LogP contribution in [0.15, 0.2) is 53.2 Å². The molecule has 8 heteroatoms. The number of rotatable bonds is 3. The molecule has 0 atom stereocenters. The summed E-state index contributed by atoms with van der Waals surface area (Å²) >= 11 is 1.65. The zero-order valence-electron chi connectivity index (χ0n) is 15.7. The highest BCUT2D eigenvalue weighted by molar-refractivity contribution is 7.08. The highest BCUT2D eigenvalue weighted by atomic mass is 32.1. The van der Waals surface area contributed by atoms with E-state index in [9.17, 15) is 0 Å². The third-order valence-corrected chi connectivity index (χ3v) is 6.32. The molecule has 5 aromatic rings. The van der Waals surface area contributed by atoms with E-state index in [-0.39, 0.29) is 0 Å². The number of piperidine rings is 1. The lowest BCUT2D eigenvalue weighted by Gasteiger charge is -2.31. The van der Waals surface area contributed by atoms with Crippen molar-refractivity contribution in [2.24, 2.45) is 0 Å². The van der Waals surface area contributed by atoms with Gasteiger partial charge in [-0.15, -0.1) is 15.3 Å². The number of nitrogens with zero attached hydrogens (tertiary/aromatic N) is 6. The fraction of sp³-hybridized carbons (Fsp3) is 0.238. The van der Waals surface area contributed by atoms with Gasteiger partial charge in [-0.25, -0.2) is 4.98 Å². The van der Waals surface area contributed by atoms with Gasteiger partial charge in [0.05, 0.1) is 11.0 Å². The number of fused-ring (bicyclic) bond motifs is 2. The molecule has 0 amide bonds. The minimum absolute atomic E-state index is 0.457. The Hall–Kier alpha value is -3.26. The van der Waals surface area contributed by atoms with Crippen LogP contribution in [-0.2, 0) is 0 Å². The second kappa shape index (κ2) is 6.66. The van der Waals surface area contributed by atoms with Crippen LogP contribution in [0, 0.1) is 0 Å². The van der Waals surface area contributed by atoms with Crippen LogP contribution in [0.4, 0.5) is 5.82 Å². The molecule has 0 radical (unpaired) electrons. The van der Waals surface area contributed by atoms with Gasteiger partial charge in [-0.3, -0.25) is 0 Å². The van der Waals surface area contributed by atoms with Crippen LogP contribution in [0.3, 0.4) is 0 Å². The SMILES string of the molecule is c1ccc2[nH]c(C3CCN(c4ccc5nnc(-c6ccsc6)n5n4)CC3)nc2c1. The molecule has 1 fully saturated rings. The van der Waals surface area contributed by atoms with E-state index in [1.165, 1.54) is 0 Å². The zero-order chi connectivity index (χ0) is 19.2. The van der Waals surface area contributed by atoms with Crippen LogP contribution in [0.25, 0.3) is 28.1 Å². The van der Waals surface area contributed by atoms with Gasteiger partial charge in [-0.05, 0) is 48.6 Å². The van der Waals surface area contributed by atoms with E-state index >= 15 is 0 Å². The van der Waals surface area contributed by atoms with Gasteiger partial charge in [0.2, 0.25) is 0 Å². The molecule has 1 aliphatic heterocycles. The first-order valence-corrected chi connectivity index (χ1v) is 10.7. The van der Waals surface area contributed by atoms with Gasteiger partial charge in [0.1, 0.15) is 11.6 Å². The van der Waals surface area contributed by atoms with Gasteiger partial charge in [0, 0.05) is 30.0 Å². The van der Waals surface area contributed by atoms with Crippen molar-refractivity contribution < 1.29 is 0 Å². The Bertz CT molecular complexity index is 1250. The Balaban J connectivity index is 1.24. The first kappa shape index (κ1) is 16.7. The fourth-order valence-electron chi connectivity index (χ4n) is 4.07. The predicted molar refractivity (Wildman–Crippen MR) is 114 cm³/mol. The molecule has 1 aliphatic rings. The minimum Gasteiger partial charge on any atom is -0.355 e. The molecule has 5 heterocycles. The van der Waals surface area contributed by atoms with Crippen molar-refractivity contribution >= 4 is 33.8 Å². The molecule has 0 bridgehead atoms. The van der Waals surface area contributed by atoms with Gasteiger partial charge in [0.25, 0.3) is 0 Å². The minimum atomic E-state index is 0.457. The van der Waals surface area contributed by atoms with Crippen molar-refractivity contribution in [2.45, 2.75) is 18.8 Å². The molecule has 0 unspecified atom stereocenters. The number of benzene rings is 1. The molecular weight excluding hydrogens is 382 g/mol. The van der Waals surface area contributed by atoms with E-state index in [4.69, 9.17) is 10.1 Å². The molecule has 1 N–H and O–H groups in total. The third-order valence-electron chi connectivity index (χ3n) is 5.64. The van der Waals surface area contributed by atoms with E-state index in [2.05, 4.69) is 37.6 Å². The standard InChI is InChI=1S/C21H19N7S/c1-2-4-17-16(3-1)22-20(23-17)14-7-10-27(11-8-14)19-6-5-18-24-25-21(28(18)26-19)15-9-12-29-13-15/h1-6,9,12-14H,7-8,10-11H2,(H,22,23). The van der Waals surface area contributed by atoms with E-state index < -0.39 is 0 Å². The first-order valence-electron chi connectivity index (χ1n) is 9.80. The molecule has 1 aromatic carbocycles. The Morgan fingerprint density at radius 2 is 1.90 bits per heavy atom. The smallest absolute Gasteiger partial charge is 0.186 e. The van der Waals surface area contributed by atoms with Crippen LogP contribution < -0.4 is 4.90 Å². The molecule has 7 nitrogen and oxygen atoms in total. The van der Waals surface area contributed by atoms with Crippen LogP contribution in [0.1, 0.15) is 24.6 Å². The van der Waals surface area contributed by atoms with E-state index in [1.807, 2.05) is 40.2 Å². The molecule has 0 spiro atoms. The van der Waals surface area contributed by atoms with Crippen molar-refractivity contribution in [3.8, 4) is 11.4 Å². The average Bonchev–Trinajstić information content (AvgIpc) is 3.52. The quantitative estimate of drug-likeness (QED) is 0.492. The number of aromatic amines is 1. The van der Waals surface area contributed by atoms with Gasteiger partial charge < -0.3 is 9.88 Å². The van der Waals surface area contributed by atoms with Crippen molar-refractivity contribution in [2.75, 3.05) is 18.0 Å². The number of nitrogens with one attached hydrogen (secondary N) is 1. The topological polar surface area (TPSA) is 75.0 Å². The van der Waals surface area contributed by atoms with E-state index in [1.54, 1.807) is 11.3 Å². The second-order valence-corrected chi connectivity index (χ2v) is 8.18. The fourth-order valence-corrected chi connectivity index (χ4v) is 4.70. The second-order valence-electron chi connectivity index (χ2n) is 7.40. The summed E-state index contributed by atoms with van der Waals surface area (Å²) in [6.07, 6.45) is 2.11. The van der Waals surface area contributed by atoms with Crippen LogP contribution >= 0.6 is 11.3 Å². The number of anilines is 1. The first-order chi connectivity index (χ1) is 14.3. The van der Waals surface area contributed by atoms with Crippen LogP contribution in [0.2, 0.25) is 0 Å². The Kier molecular flexibility index (Phi) is 3.83. The zero-order valence-corrected chi connectivity index (χ0v) is 16.5. The number of hydrogen-bond donors (Lipinski definition) is 1. The number of para-hydroxylation sites is 2. The normalized spacial score (nSPS) is 15.5. The highest BCUT2D eigenvalue weighted by Crippen LogP contribution is 2.30. The average molecular weight is 401 g/mol. The van der Waals surface area contributed by atoms with Crippen molar-refractivity contribution in [3.05, 3.63) is 59.0 Å². The van der Waals surface area contributed by atoms with E-state index in [0.717, 1.165) is 65.6 Å². The molecule has 29 heavy (non-hydrogen) atoms. The monoisotopic (exact) mass is 401 g/mol. The summed E-state index contributed by atoms with van der Waals surface area (Å²) in [5.74, 6) is 3.32. The van der Waals surface area contributed by atoms with Crippen molar-refractivity contribution in [1.82, 2.24) is 29.8 Å². The summed E-state index contributed by atoms with van der Waals surface area (Å²) in [6, 6.07) is 14.3. The maximum Gasteiger partial charge on any atom is 0.186 e. The molecular formula is C21H19N7S. The molecule has 144 valence electrons. The Morgan fingerprint density at radius 1 is 1.00 bits per heavy atom. The third kappa shape index (κ3) is 2.87. The van der Waals surface area contributed by atoms with E-state index in [0.29, 0.717) is 5.92 Å². The van der Waals surface area contributed by atoms with Crippen LogP contribution in [0.5, 0.6) is 0 Å². The number of H-pyrrole nitrogens is 1. The lowest BCUT2D eigenvalue weighted by Crippen LogP contribution is -2.34. The summed E-state index contributed by atoms with van der Waals surface area (Å²) in [6.45, 7) is 1.91. The number of aromatic nitrogens is 6. The van der Waals surface area contributed by atoms with Crippen molar-refractivity contribution in [3.63, 3.8) is 0 Å². The molecule has 1 saturated heterocycles.